The second-order valence-corrected chi connectivity index (χ2v) is 5.85. The minimum Gasteiger partial charge on any atom is -0.494 e. The van der Waals surface area contributed by atoms with Crippen molar-refractivity contribution in [2.45, 2.75) is 57.8 Å². The molecule has 0 amide bonds. The Labute approximate surface area is 97.0 Å². The summed E-state index contributed by atoms with van der Waals surface area (Å²) >= 11 is 0. The third-order valence-corrected chi connectivity index (χ3v) is 3.69. The molecule has 1 saturated heterocycles. The highest BCUT2D eigenvalue weighted by Gasteiger charge is 2.48. The number of ether oxygens (including phenoxy) is 2. The smallest absolute Gasteiger partial charge is 0.108 e. The highest BCUT2D eigenvalue weighted by Crippen LogP contribution is 2.44. The van der Waals surface area contributed by atoms with Crippen LogP contribution in [0.25, 0.3) is 0 Å². The zero-order valence-corrected chi connectivity index (χ0v) is 10.4. The van der Waals surface area contributed by atoms with Crippen LogP contribution in [0.4, 0.5) is 0 Å². The molecule has 0 aromatic rings. The lowest BCUT2D eigenvalue weighted by molar-refractivity contribution is -0.173. The summed E-state index contributed by atoms with van der Waals surface area (Å²) in [5.74, 6) is 0.278. The van der Waals surface area contributed by atoms with E-state index in [-0.39, 0.29) is 23.2 Å². The minimum absolute atomic E-state index is 0.0995. The van der Waals surface area contributed by atoms with Crippen LogP contribution >= 0.6 is 0 Å². The Balaban J connectivity index is 2.32. The van der Waals surface area contributed by atoms with Gasteiger partial charge in [-0.1, -0.05) is 0 Å². The van der Waals surface area contributed by atoms with E-state index < -0.39 is 0 Å². The molecule has 88 valence electrons. The van der Waals surface area contributed by atoms with Gasteiger partial charge in [-0.05, 0) is 40.5 Å². The Kier molecular flexibility index (Phi) is 2.51. The molecule has 1 fully saturated rings. The van der Waals surface area contributed by atoms with Crippen LogP contribution in [-0.4, -0.2) is 17.3 Å². The highest BCUT2D eigenvalue weighted by molar-refractivity contribution is 5.28. The van der Waals surface area contributed by atoms with Gasteiger partial charge in [0.2, 0.25) is 0 Å². The van der Waals surface area contributed by atoms with Crippen molar-refractivity contribution in [2.24, 2.45) is 5.92 Å². The van der Waals surface area contributed by atoms with Gasteiger partial charge in [-0.15, -0.1) is 0 Å². The van der Waals surface area contributed by atoms with E-state index in [0.29, 0.717) is 5.57 Å². The van der Waals surface area contributed by atoms with E-state index in [1.165, 1.54) is 0 Å². The molecule has 2 atom stereocenters. The number of fused-ring (bicyclic) bond motifs is 1. The predicted molar refractivity (Wildman–Crippen MR) is 60.5 cm³/mol. The molecule has 2 rings (SSSR count). The summed E-state index contributed by atoms with van der Waals surface area (Å²) in [5.41, 5.74) is 0.253. The first-order valence-electron chi connectivity index (χ1n) is 5.81. The molecule has 0 N–H and O–H groups in total. The van der Waals surface area contributed by atoms with E-state index in [1.807, 2.05) is 0 Å². The molecule has 3 heteroatoms. The topological polar surface area (TPSA) is 42.2 Å². The summed E-state index contributed by atoms with van der Waals surface area (Å²) in [6, 6.07) is 2.19. The summed E-state index contributed by atoms with van der Waals surface area (Å²) in [7, 11) is 0. The standard InChI is InChI=1S/C13H19NO2/c1-12(2)6-5-10-11(16-12)9(7-14)8-15-13(10,3)4/h8,10-11H,5-6H2,1-4H3/t10-,11+/m0/s1. The number of nitrogens with zero attached hydrogens (tertiary/aromatic N) is 1. The van der Waals surface area contributed by atoms with Gasteiger partial charge in [0, 0.05) is 5.92 Å². The summed E-state index contributed by atoms with van der Waals surface area (Å²) in [6.07, 6.45) is 3.53. The molecule has 2 aliphatic heterocycles. The zero-order valence-electron chi connectivity index (χ0n) is 10.4. The fourth-order valence-corrected chi connectivity index (χ4v) is 2.59. The maximum Gasteiger partial charge on any atom is 0.108 e. The Bertz CT molecular complexity index is 363. The van der Waals surface area contributed by atoms with E-state index in [0.717, 1.165) is 12.8 Å². The van der Waals surface area contributed by atoms with Gasteiger partial charge in [-0.3, -0.25) is 0 Å². The zero-order chi connectivity index (χ0) is 12.0. The van der Waals surface area contributed by atoms with Crippen LogP contribution in [0.3, 0.4) is 0 Å². The van der Waals surface area contributed by atoms with Crippen molar-refractivity contribution in [3.05, 3.63) is 11.8 Å². The first kappa shape index (κ1) is 11.5. The van der Waals surface area contributed by atoms with Crippen molar-refractivity contribution in [1.29, 1.82) is 5.26 Å². The van der Waals surface area contributed by atoms with E-state index in [4.69, 9.17) is 14.7 Å². The van der Waals surface area contributed by atoms with Crippen LogP contribution < -0.4 is 0 Å². The fourth-order valence-electron chi connectivity index (χ4n) is 2.59. The molecule has 0 saturated carbocycles. The average molecular weight is 221 g/mol. The predicted octanol–water partition coefficient (Wildman–Crippen LogP) is 2.78. The van der Waals surface area contributed by atoms with Gasteiger partial charge in [0.05, 0.1) is 11.2 Å². The quantitative estimate of drug-likeness (QED) is 0.631. The van der Waals surface area contributed by atoms with Crippen molar-refractivity contribution >= 4 is 0 Å². The van der Waals surface area contributed by atoms with Crippen LogP contribution in [-0.2, 0) is 9.47 Å². The summed E-state index contributed by atoms with van der Waals surface area (Å²) in [5, 5.41) is 9.09. The molecule has 3 nitrogen and oxygen atoms in total. The van der Waals surface area contributed by atoms with Gasteiger partial charge in [-0.2, -0.15) is 5.26 Å². The molecule has 0 bridgehead atoms. The maximum atomic E-state index is 9.09. The molecule has 0 aromatic heterocycles. The van der Waals surface area contributed by atoms with Gasteiger partial charge in [0.25, 0.3) is 0 Å². The highest BCUT2D eigenvalue weighted by atomic mass is 16.5. The van der Waals surface area contributed by atoms with Gasteiger partial charge < -0.3 is 9.47 Å². The third-order valence-electron chi connectivity index (χ3n) is 3.69. The van der Waals surface area contributed by atoms with Crippen molar-refractivity contribution in [2.75, 3.05) is 0 Å². The Morgan fingerprint density at radius 3 is 2.69 bits per heavy atom. The number of hydrogen-bond donors (Lipinski definition) is 0. The van der Waals surface area contributed by atoms with E-state index in [9.17, 15) is 0 Å². The Hall–Kier alpha value is -1.01. The molecular weight excluding hydrogens is 202 g/mol. The lowest BCUT2D eigenvalue weighted by atomic mass is 9.74. The molecule has 16 heavy (non-hydrogen) atoms. The van der Waals surface area contributed by atoms with Crippen LogP contribution in [0.2, 0.25) is 0 Å². The summed E-state index contributed by atoms with van der Waals surface area (Å²) < 4.78 is 11.7. The lowest BCUT2D eigenvalue weighted by Crippen LogP contribution is -2.52. The lowest BCUT2D eigenvalue weighted by Gasteiger charge is -2.48. The van der Waals surface area contributed by atoms with Gasteiger partial charge >= 0.3 is 0 Å². The second kappa shape index (κ2) is 3.49. The number of nitriles is 1. The Morgan fingerprint density at radius 2 is 2.06 bits per heavy atom. The molecule has 2 aliphatic rings. The van der Waals surface area contributed by atoms with Crippen LogP contribution in [0.1, 0.15) is 40.5 Å². The summed E-state index contributed by atoms with van der Waals surface area (Å²) in [4.78, 5) is 0. The van der Waals surface area contributed by atoms with Crippen molar-refractivity contribution in [3.8, 4) is 6.07 Å². The number of rotatable bonds is 0. The van der Waals surface area contributed by atoms with Crippen LogP contribution in [0.5, 0.6) is 0 Å². The van der Waals surface area contributed by atoms with Gasteiger partial charge in [0.15, 0.2) is 0 Å². The SMILES string of the molecule is CC1(C)CC[C@H]2[C@H](O1)C(C#N)=COC2(C)C. The monoisotopic (exact) mass is 221 g/mol. The summed E-state index contributed by atoms with van der Waals surface area (Å²) in [6.45, 7) is 8.30. The molecule has 2 heterocycles. The molecule has 0 spiro atoms. The molecule has 0 radical (unpaired) electrons. The maximum absolute atomic E-state index is 9.09. The van der Waals surface area contributed by atoms with Gasteiger partial charge in [-0.25, -0.2) is 0 Å². The second-order valence-electron chi connectivity index (χ2n) is 5.85. The van der Waals surface area contributed by atoms with E-state index in [1.54, 1.807) is 6.26 Å². The molecule has 0 unspecified atom stereocenters. The van der Waals surface area contributed by atoms with Crippen molar-refractivity contribution < 1.29 is 9.47 Å². The first-order valence-corrected chi connectivity index (χ1v) is 5.81. The van der Waals surface area contributed by atoms with E-state index in [2.05, 4.69) is 33.8 Å². The van der Waals surface area contributed by atoms with Crippen molar-refractivity contribution in [3.63, 3.8) is 0 Å². The molecule has 0 aromatic carbocycles. The average Bonchev–Trinajstić information content (AvgIpc) is 2.16. The largest absolute Gasteiger partial charge is 0.494 e. The van der Waals surface area contributed by atoms with Crippen LogP contribution in [0, 0.1) is 17.2 Å². The first-order chi connectivity index (χ1) is 7.36. The minimum atomic E-state index is -0.235. The third kappa shape index (κ3) is 1.82. The Morgan fingerprint density at radius 1 is 1.38 bits per heavy atom. The number of hydrogen-bond acceptors (Lipinski definition) is 3. The molecular formula is C13H19NO2. The fraction of sp³-hybridized carbons (Fsp3) is 0.769. The van der Waals surface area contributed by atoms with Gasteiger partial charge in [0.1, 0.15) is 24.0 Å². The normalized spacial score (nSPS) is 35.3. The molecule has 0 aliphatic carbocycles. The van der Waals surface area contributed by atoms with Crippen LogP contribution in [0.15, 0.2) is 11.8 Å². The van der Waals surface area contributed by atoms with E-state index >= 15 is 0 Å². The van der Waals surface area contributed by atoms with Crippen molar-refractivity contribution in [1.82, 2.24) is 0 Å².